The highest BCUT2D eigenvalue weighted by molar-refractivity contribution is 5.79. The van der Waals surface area contributed by atoms with E-state index in [1.807, 2.05) is 126 Å². The minimum atomic E-state index is -0.0963. The second-order valence-corrected chi connectivity index (χ2v) is 37.1. The molecule has 0 radical (unpaired) electrons. The number of carbonyl (C=O) groups excluding carboxylic acids is 3. The number of allylic oxidation sites excluding steroid dienone is 1. The molecule has 0 bridgehead atoms. The molecule has 4 aliphatic carbocycles. The highest BCUT2D eigenvalue weighted by atomic mass is 16.5. The summed E-state index contributed by atoms with van der Waals surface area (Å²) in [4.78, 5) is 64.9. The lowest BCUT2D eigenvalue weighted by Crippen LogP contribution is -2.45. The summed E-state index contributed by atoms with van der Waals surface area (Å²) >= 11 is 0. The molecular formula is C109H120N18O12. The van der Waals surface area contributed by atoms with Crippen molar-refractivity contribution in [3.63, 3.8) is 0 Å². The molecule has 30 heteroatoms. The number of hydrogen-bond donors (Lipinski definition) is 3. The van der Waals surface area contributed by atoms with E-state index in [2.05, 4.69) is 145 Å². The number of likely N-dealkylation sites (tertiary alicyclic amines) is 2. The van der Waals surface area contributed by atoms with E-state index in [0.29, 0.717) is 139 Å². The Hall–Kier alpha value is -15.0. The average molecular weight is 1870 g/mol. The minimum Gasteiger partial charge on any atom is -0.513 e. The molecule has 0 saturated carbocycles. The van der Waals surface area contributed by atoms with Gasteiger partial charge >= 0.3 is 12.1 Å². The zero-order valence-electron chi connectivity index (χ0n) is 81.3. The van der Waals surface area contributed by atoms with Gasteiger partial charge in [0, 0.05) is 96.1 Å². The third kappa shape index (κ3) is 22.8. The third-order valence-electron chi connectivity index (χ3n) is 26.0. The first kappa shape index (κ1) is 98.5. The molecule has 718 valence electrons. The fourth-order valence-corrected chi connectivity index (χ4v) is 19.3. The number of urea groups is 2. The number of carbonyl (C=O) groups is 3. The van der Waals surface area contributed by atoms with Gasteiger partial charge in [-0.25, -0.2) is 9.59 Å². The van der Waals surface area contributed by atoms with Crippen molar-refractivity contribution in [2.24, 2.45) is 11.8 Å². The number of rotatable bonds is 26. The van der Waals surface area contributed by atoms with Crippen LogP contribution in [0.4, 0.5) is 9.59 Å². The van der Waals surface area contributed by atoms with E-state index in [1.54, 1.807) is 66.4 Å². The van der Waals surface area contributed by atoms with Crippen LogP contribution in [-0.2, 0) is 30.5 Å². The summed E-state index contributed by atoms with van der Waals surface area (Å²) in [7, 11) is 0. The molecule has 2 saturated heterocycles. The van der Waals surface area contributed by atoms with Gasteiger partial charge in [-0.2, -0.15) is 41.0 Å². The molecule has 5 amide bonds. The number of aliphatic hydroxyl groups is 1. The number of nitrogens with one attached hydrogen (secondary N) is 2. The van der Waals surface area contributed by atoms with Crippen LogP contribution in [0.15, 0.2) is 176 Å². The van der Waals surface area contributed by atoms with E-state index in [9.17, 15) is 40.5 Å². The van der Waals surface area contributed by atoms with E-state index < -0.39 is 0 Å². The van der Waals surface area contributed by atoms with Crippen LogP contribution in [0.1, 0.15) is 245 Å². The first-order valence-electron chi connectivity index (χ1n) is 48.4. The van der Waals surface area contributed by atoms with Crippen molar-refractivity contribution in [1.29, 1.82) is 21.0 Å². The lowest BCUT2D eigenvalue weighted by Gasteiger charge is -2.32. The summed E-state index contributed by atoms with van der Waals surface area (Å²) in [5, 5.41) is 71.2. The van der Waals surface area contributed by atoms with Crippen molar-refractivity contribution in [3.8, 4) is 139 Å². The quantitative estimate of drug-likeness (QED) is 0.0424. The second kappa shape index (κ2) is 44.9. The van der Waals surface area contributed by atoms with Gasteiger partial charge in [-0.05, 0) is 282 Å². The molecule has 0 spiro atoms. The Morgan fingerprint density at radius 2 is 0.748 bits per heavy atom. The Bertz CT molecular complexity index is 6600. The molecule has 30 nitrogen and oxygen atoms in total. The van der Waals surface area contributed by atoms with Crippen LogP contribution in [0.25, 0.3) is 91.4 Å². The maximum Gasteiger partial charge on any atom is 0.317 e. The second-order valence-electron chi connectivity index (χ2n) is 37.1. The zero-order valence-corrected chi connectivity index (χ0v) is 81.3. The number of fused-ring (bicyclic) bond motifs is 4. The monoisotopic (exact) mass is 1870 g/mol. The predicted octanol–water partition coefficient (Wildman–Crippen LogP) is 22.1. The van der Waals surface area contributed by atoms with Crippen molar-refractivity contribution in [2.45, 2.75) is 228 Å². The number of amides is 5. The van der Waals surface area contributed by atoms with Gasteiger partial charge in [0.05, 0.1) is 70.6 Å². The zero-order chi connectivity index (χ0) is 98.2. The first-order chi connectivity index (χ1) is 67.2. The van der Waals surface area contributed by atoms with Crippen LogP contribution in [0.3, 0.4) is 0 Å². The number of hydrogen-bond acceptors (Lipinski definition) is 25. The van der Waals surface area contributed by atoms with Gasteiger partial charge in [-0.1, -0.05) is 128 Å². The normalized spacial score (nSPS) is 16.3. The number of aliphatic hydroxyl groups excluding tert-OH is 1. The molecule has 3 N–H and O–H groups in total. The van der Waals surface area contributed by atoms with Gasteiger partial charge in [0.1, 0.15) is 47.3 Å². The number of ether oxygens (including phenoxy) is 4. The largest absolute Gasteiger partial charge is 0.513 e. The fourth-order valence-electron chi connectivity index (χ4n) is 19.3. The summed E-state index contributed by atoms with van der Waals surface area (Å²) in [6.07, 6.45) is 12.6. The van der Waals surface area contributed by atoms with Crippen LogP contribution < -0.4 is 29.6 Å². The van der Waals surface area contributed by atoms with Crippen molar-refractivity contribution in [2.75, 3.05) is 45.8 Å². The number of benzene rings is 8. The molecule has 6 aliphatic rings. The molecule has 139 heavy (non-hydrogen) atoms. The standard InChI is InChI=1S/C29H31N5O4.C28H31N5O3.C26H28N4O3.C26H30N4O2/c1-17(2)37-26-10-7-20(15-21(26)16-30)28-32-27(33-38-28)24-6-4-5-23-22(24)8-9-25(23)31-29(36)34-13-11-19(12-14-34)18(3)35;1-17(2)35-25-10-7-19(15-20(25)16-29)27-31-26(32-36-27)23-6-4-5-22-21(23)8-9-24(22)30-28(34)33-13-11-18(3)12-14-33;1-5-13-30(17(4)31)23-11-10-20-21(23)7-6-8-22(20)25-28-26(33-29-25)18-9-12-24(32-16(2)3)19(14-18)15-27;1-5-14-30(6-2)23-12-11-20-21(23)8-7-9-22(20)25-28-26(32-29-25)18-10-13-24(31-17(3)4)19(15-18)16-27/h4-7,10,15,17,19,25,35H,3,8-9,11-14H2,1-2H3,(H,31,36);4-7,10,15,17-18,24H,8-9,11-14H2,1-3H3,(H,30,34);6-9,12,14,16,23H,5,10-11,13H2,1-4H3;7-10,13,15,17,23H,5-6,11-12,14H2,1-4H3/t25-;24-;2*23-/m0111/s1. The van der Waals surface area contributed by atoms with Crippen molar-refractivity contribution >= 4 is 18.0 Å². The van der Waals surface area contributed by atoms with Gasteiger partial charge in [0.25, 0.3) is 23.6 Å². The SMILES string of the molecule is C=C(O)C1CCN(C(=O)N[C@H]2CCc3c(-c4noc(-c5ccc(OC(C)C)c(C#N)c5)n4)cccc32)CC1.CC1CCN(C(=O)N[C@@H]2CCc3c(-c4noc(-c5ccc(OC(C)C)c(C#N)c5)n4)cccc32)CC1.CCCN(C(C)=O)[C@@H]1CCc2c(-c3noc(-c4ccc(OC(C)C)c(C#N)c4)n3)cccc21.CCCN(CC)[C@@H]1CCc2c(-c3noc(-c4ccc(OC(C)C)c(C#N)c4)n3)cccc21. The van der Waals surface area contributed by atoms with E-state index >= 15 is 0 Å². The van der Waals surface area contributed by atoms with Gasteiger partial charge in [0.2, 0.25) is 29.2 Å². The number of piperidine rings is 2. The van der Waals surface area contributed by atoms with E-state index in [1.165, 1.54) is 11.1 Å². The maximum absolute atomic E-state index is 12.9. The highest BCUT2D eigenvalue weighted by Gasteiger charge is 2.37. The van der Waals surface area contributed by atoms with Crippen LogP contribution in [0, 0.1) is 57.2 Å². The molecule has 2 aliphatic heterocycles. The molecule has 2 fully saturated rings. The van der Waals surface area contributed by atoms with Crippen LogP contribution >= 0.6 is 0 Å². The topological polar surface area (TPSA) is 396 Å². The Labute approximate surface area is 811 Å². The Morgan fingerprint density at radius 3 is 1.06 bits per heavy atom. The lowest BCUT2D eigenvalue weighted by molar-refractivity contribution is -0.131. The van der Waals surface area contributed by atoms with Gasteiger partial charge < -0.3 is 67.5 Å². The molecule has 18 rings (SSSR count). The fraction of sp³-hybridized carbons (Fsp3) is 0.404. The molecule has 12 aromatic rings. The van der Waals surface area contributed by atoms with E-state index in [-0.39, 0.29) is 72.2 Å². The van der Waals surface area contributed by atoms with E-state index in [0.717, 1.165) is 178 Å². The van der Waals surface area contributed by atoms with Gasteiger partial charge in [-0.3, -0.25) is 9.69 Å². The molecule has 8 aromatic carbocycles. The summed E-state index contributed by atoms with van der Waals surface area (Å²) in [5.74, 6) is 6.67. The van der Waals surface area contributed by atoms with Gasteiger partial charge in [0.15, 0.2) is 0 Å². The Kier molecular flexibility index (Phi) is 31.8. The summed E-state index contributed by atoms with van der Waals surface area (Å²) in [6, 6.07) is 54.7. The Morgan fingerprint density at radius 1 is 0.439 bits per heavy atom. The van der Waals surface area contributed by atoms with Crippen LogP contribution in [0.2, 0.25) is 0 Å². The smallest absolute Gasteiger partial charge is 0.317 e. The highest BCUT2D eigenvalue weighted by Crippen LogP contribution is 2.46. The molecule has 6 heterocycles. The molecular weight excluding hydrogens is 1750 g/mol. The molecule has 4 aromatic heterocycles. The van der Waals surface area contributed by atoms with E-state index in [4.69, 9.17) is 37.0 Å². The summed E-state index contributed by atoms with van der Waals surface area (Å²) < 4.78 is 45.1. The Balaban J connectivity index is 0.000000141. The lowest BCUT2D eigenvalue weighted by atomic mass is 9.95. The first-order valence-corrected chi connectivity index (χ1v) is 48.4. The number of aromatic nitrogens is 8. The average Bonchev–Trinajstić information content (AvgIpc) is 1.64. The van der Waals surface area contributed by atoms with Crippen molar-refractivity contribution in [3.05, 3.63) is 225 Å². The van der Waals surface area contributed by atoms with Crippen LogP contribution in [-0.4, -0.2) is 153 Å². The number of nitriles is 4. The maximum atomic E-state index is 12.9. The summed E-state index contributed by atoms with van der Waals surface area (Å²) in [5.41, 5.74) is 17.5. The summed E-state index contributed by atoms with van der Waals surface area (Å²) in [6.45, 7) is 35.1. The minimum absolute atomic E-state index is 0.00656. The predicted molar refractivity (Wildman–Crippen MR) is 525 cm³/mol. The molecule has 0 unspecified atom stereocenters. The molecule has 4 atom stereocenters. The van der Waals surface area contributed by atoms with Gasteiger partial charge in [-0.15, -0.1) is 0 Å². The third-order valence-corrected chi connectivity index (χ3v) is 26.0. The van der Waals surface area contributed by atoms with Crippen molar-refractivity contribution < 1.29 is 56.5 Å². The van der Waals surface area contributed by atoms with Crippen molar-refractivity contribution in [1.82, 2.24) is 70.8 Å². The van der Waals surface area contributed by atoms with Crippen LogP contribution in [0.5, 0.6) is 23.0 Å². The number of nitrogens with zero attached hydrogens (tertiary/aromatic N) is 16.